The smallest absolute Gasteiger partial charge is 0.306 e. The van der Waals surface area contributed by atoms with Crippen molar-refractivity contribution in [3.63, 3.8) is 0 Å². The fraction of sp³-hybridized carbons (Fsp3) is 0.500. The molecular formula is C14H19NO4S. The standard InChI is InChI=1S/C14H19NO4S/c1-9-3-6-13(7-10(9)2)20(18,19)15-12-5-4-11(8-12)14(16)17/h3,6-7,11-12,15H,4-5,8H2,1-2H3,(H,16,17). The molecule has 2 N–H and O–H groups in total. The third-order valence-electron chi connectivity index (χ3n) is 3.89. The molecule has 0 bridgehead atoms. The fourth-order valence-electron chi connectivity index (χ4n) is 2.48. The average molecular weight is 297 g/mol. The first-order valence-electron chi connectivity index (χ1n) is 6.62. The Labute approximate surface area is 119 Å². The highest BCUT2D eigenvalue weighted by molar-refractivity contribution is 7.89. The summed E-state index contributed by atoms with van der Waals surface area (Å²) in [5.74, 6) is -1.29. The highest BCUT2D eigenvalue weighted by Crippen LogP contribution is 2.27. The van der Waals surface area contributed by atoms with Gasteiger partial charge in [-0.05, 0) is 56.4 Å². The molecule has 6 heteroatoms. The molecule has 5 nitrogen and oxygen atoms in total. The lowest BCUT2D eigenvalue weighted by Crippen LogP contribution is -2.33. The van der Waals surface area contributed by atoms with E-state index in [9.17, 15) is 13.2 Å². The molecule has 0 radical (unpaired) electrons. The lowest BCUT2D eigenvalue weighted by Gasteiger charge is -2.13. The van der Waals surface area contributed by atoms with Crippen LogP contribution in [0.2, 0.25) is 0 Å². The first kappa shape index (κ1) is 15.0. The number of sulfonamides is 1. The molecule has 0 aliphatic heterocycles. The number of hydrogen-bond acceptors (Lipinski definition) is 3. The Kier molecular flexibility index (Phi) is 4.15. The largest absolute Gasteiger partial charge is 0.481 e. The molecule has 2 atom stereocenters. The number of carboxylic acid groups (broad SMARTS) is 1. The van der Waals surface area contributed by atoms with E-state index >= 15 is 0 Å². The number of carbonyl (C=O) groups is 1. The second-order valence-corrected chi connectivity index (χ2v) is 7.13. The van der Waals surface area contributed by atoms with Crippen LogP contribution in [0, 0.1) is 19.8 Å². The topological polar surface area (TPSA) is 83.5 Å². The zero-order valence-corrected chi connectivity index (χ0v) is 12.4. The van der Waals surface area contributed by atoms with Crippen molar-refractivity contribution in [3.8, 4) is 0 Å². The van der Waals surface area contributed by atoms with Crippen LogP contribution in [0.15, 0.2) is 23.1 Å². The third-order valence-corrected chi connectivity index (χ3v) is 5.41. The first-order chi connectivity index (χ1) is 9.29. The van der Waals surface area contributed by atoms with Crippen LogP contribution < -0.4 is 4.72 Å². The highest BCUT2D eigenvalue weighted by Gasteiger charge is 2.32. The molecule has 0 heterocycles. The molecule has 1 aromatic rings. The lowest BCUT2D eigenvalue weighted by molar-refractivity contribution is -0.141. The minimum Gasteiger partial charge on any atom is -0.481 e. The van der Waals surface area contributed by atoms with Crippen LogP contribution in [0.3, 0.4) is 0 Å². The molecule has 0 amide bonds. The summed E-state index contributed by atoms with van der Waals surface area (Å²) in [6.07, 6.45) is 1.45. The molecule has 1 aromatic carbocycles. The summed E-state index contributed by atoms with van der Waals surface area (Å²) < 4.78 is 27.2. The Morgan fingerprint density at radius 2 is 1.95 bits per heavy atom. The van der Waals surface area contributed by atoms with Gasteiger partial charge in [-0.15, -0.1) is 0 Å². The predicted octanol–water partition coefficient (Wildman–Crippen LogP) is 1.84. The van der Waals surface area contributed by atoms with E-state index in [4.69, 9.17) is 5.11 Å². The number of benzene rings is 1. The number of rotatable bonds is 4. The first-order valence-corrected chi connectivity index (χ1v) is 8.10. The SMILES string of the molecule is Cc1ccc(S(=O)(=O)NC2CCC(C(=O)O)C2)cc1C. The van der Waals surface area contributed by atoms with Crippen molar-refractivity contribution >= 4 is 16.0 Å². The maximum absolute atomic E-state index is 12.3. The third kappa shape index (κ3) is 3.19. The van der Waals surface area contributed by atoms with Crippen LogP contribution in [0.5, 0.6) is 0 Å². The van der Waals surface area contributed by atoms with Crippen LogP contribution in [-0.2, 0) is 14.8 Å². The van der Waals surface area contributed by atoms with Crippen molar-refractivity contribution in [2.24, 2.45) is 5.92 Å². The van der Waals surface area contributed by atoms with Gasteiger partial charge in [0.2, 0.25) is 10.0 Å². The van der Waals surface area contributed by atoms with Gasteiger partial charge in [0.05, 0.1) is 10.8 Å². The van der Waals surface area contributed by atoms with Gasteiger partial charge in [-0.3, -0.25) is 4.79 Å². The minimum atomic E-state index is -3.58. The van der Waals surface area contributed by atoms with Crippen molar-refractivity contribution in [3.05, 3.63) is 29.3 Å². The van der Waals surface area contributed by atoms with E-state index in [2.05, 4.69) is 4.72 Å². The molecule has 1 fully saturated rings. The van der Waals surface area contributed by atoms with Gasteiger partial charge in [-0.1, -0.05) is 6.07 Å². The Bertz CT molecular complexity index is 624. The van der Waals surface area contributed by atoms with Crippen molar-refractivity contribution < 1.29 is 18.3 Å². The molecule has 110 valence electrons. The zero-order valence-electron chi connectivity index (χ0n) is 11.6. The summed E-state index contributed by atoms with van der Waals surface area (Å²) in [5.41, 5.74) is 1.96. The predicted molar refractivity (Wildman–Crippen MR) is 75.0 cm³/mol. The molecule has 2 unspecified atom stereocenters. The van der Waals surface area contributed by atoms with Crippen molar-refractivity contribution in [1.29, 1.82) is 0 Å². The lowest BCUT2D eigenvalue weighted by atomic mass is 10.1. The van der Waals surface area contributed by atoms with E-state index in [1.807, 2.05) is 13.8 Å². The van der Waals surface area contributed by atoms with Gasteiger partial charge < -0.3 is 5.11 Å². The summed E-state index contributed by atoms with van der Waals surface area (Å²) >= 11 is 0. The van der Waals surface area contributed by atoms with E-state index in [0.29, 0.717) is 19.3 Å². The van der Waals surface area contributed by atoms with Gasteiger partial charge in [-0.2, -0.15) is 0 Å². The van der Waals surface area contributed by atoms with E-state index in [1.165, 1.54) is 0 Å². The van der Waals surface area contributed by atoms with Gasteiger partial charge in [0, 0.05) is 6.04 Å². The van der Waals surface area contributed by atoms with Crippen LogP contribution in [0.4, 0.5) is 0 Å². The average Bonchev–Trinajstić information content (AvgIpc) is 2.80. The molecule has 0 spiro atoms. The van der Waals surface area contributed by atoms with E-state index < -0.39 is 21.9 Å². The van der Waals surface area contributed by atoms with Gasteiger partial charge in [0.15, 0.2) is 0 Å². The quantitative estimate of drug-likeness (QED) is 0.888. The van der Waals surface area contributed by atoms with Gasteiger partial charge in [-0.25, -0.2) is 13.1 Å². The monoisotopic (exact) mass is 297 g/mol. The molecule has 1 saturated carbocycles. The number of nitrogens with one attached hydrogen (secondary N) is 1. The summed E-state index contributed by atoms with van der Waals surface area (Å²) in [6.45, 7) is 3.79. The van der Waals surface area contributed by atoms with Gasteiger partial charge in [0.1, 0.15) is 0 Å². The highest BCUT2D eigenvalue weighted by atomic mass is 32.2. The molecule has 20 heavy (non-hydrogen) atoms. The molecule has 0 aromatic heterocycles. The Morgan fingerprint density at radius 3 is 2.50 bits per heavy atom. The summed E-state index contributed by atoms with van der Waals surface area (Å²) in [5, 5.41) is 8.94. The minimum absolute atomic E-state index is 0.236. The Balaban J connectivity index is 2.12. The number of carboxylic acids is 1. The zero-order chi connectivity index (χ0) is 14.9. The van der Waals surface area contributed by atoms with Crippen molar-refractivity contribution in [2.75, 3.05) is 0 Å². The molecular weight excluding hydrogens is 278 g/mol. The normalized spacial score (nSPS) is 22.9. The van der Waals surface area contributed by atoms with Crippen LogP contribution in [0.25, 0.3) is 0 Å². The molecule has 2 rings (SSSR count). The second kappa shape index (κ2) is 5.54. The number of aliphatic carboxylic acids is 1. The fourth-order valence-corrected chi connectivity index (χ4v) is 3.85. The van der Waals surface area contributed by atoms with Gasteiger partial charge in [0.25, 0.3) is 0 Å². The number of aryl methyl sites for hydroxylation is 2. The van der Waals surface area contributed by atoms with Crippen LogP contribution in [0.1, 0.15) is 30.4 Å². The van der Waals surface area contributed by atoms with Crippen molar-refractivity contribution in [2.45, 2.75) is 44.0 Å². The molecule has 1 aliphatic rings. The Hall–Kier alpha value is -1.40. The summed E-state index contributed by atoms with van der Waals surface area (Å²) in [4.78, 5) is 11.1. The summed E-state index contributed by atoms with van der Waals surface area (Å²) in [7, 11) is -3.58. The maximum atomic E-state index is 12.3. The molecule has 1 aliphatic carbocycles. The van der Waals surface area contributed by atoms with E-state index in [1.54, 1.807) is 18.2 Å². The van der Waals surface area contributed by atoms with E-state index in [0.717, 1.165) is 11.1 Å². The summed E-state index contributed by atoms with van der Waals surface area (Å²) in [6, 6.07) is 4.71. The molecule has 0 saturated heterocycles. The van der Waals surface area contributed by atoms with E-state index in [-0.39, 0.29) is 10.9 Å². The Morgan fingerprint density at radius 1 is 1.25 bits per heavy atom. The number of hydrogen-bond donors (Lipinski definition) is 2. The second-order valence-electron chi connectivity index (χ2n) is 5.41. The van der Waals surface area contributed by atoms with Gasteiger partial charge >= 0.3 is 5.97 Å². The van der Waals surface area contributed by atoms with Crippen molar-refractivity contribution in [1.82, 2.24) is 4.72 Å². The maximum Gasteiger partial charge on any atom is 0.306 e. The van der Waals surface area contributed by atoms with Crippen LogP contribution >= 0.6 is 0 Å². The van der Waals surface area contributed by atoms with Crippen LogP contribution in [-0.4, -0.2) is 25.5 Å².